The lowest BCUT2D eigenvalue weighted by molar-refractivity contribution is -0.258. The van der Waals surface area contributed by atoms with Gasteiger partial charge >= 0.3 is 11.9 Å². The zero-order valence-corrected chi connectivity index (χ0v) is 18.1. The van der Waals surface area contributed by atoms with Crippen LogP contribution in [0.25, 0.3) is 0 Å². The lowest BCUT2D eigenvalue weighted by atomic mass is 9.50. The molecular formula is C24H32O5. The van der Waals surface area contributed by atoms with Gasteiger partial charge in [-0.05, 0) is 70.4 Å². The monoisotopic (exact) mass is 400 g/mol. The van der Waals surface area contributed by atoms with Crippen LogP contribution in [0.4, 0.5) is 0 Å². The summed E-state index contributed by atoms with van der Waals surface area (Å²) in [4.78, 5) is 24.9. The van der Waals surface area contributed by atoms with Gasteiger partial charge < -0.3 is 14.2 Å². The second-order valence-corrected chi connectivity index (χ2v) is 9.85. The van der Waals surface area contributed by atoms with Crippen molar-refractivity contribution in [3.05, 3.63) is 35.9 Å². The highest BCUT2D eigenvalue weighted by atomic mass is 16.6. The largest absolute Gasteiger partial charge is 0.462 e. The molecule has 158 valence electrons. The van der Waals surface area contributed by atoms with E-state index in [0.717, 1.165) is 19.3 Å². The van der Waals surface area contributed by atoms with Crippen LogP contribution in [-0.2, 0) is 19.0 Å². The average molecular weight is 401 g/mol. The first-order valence-corrected chi connectivity index (χ1v) is 10.7. The van der Waals surface area contributed by atoms with E-state index in [-0.39, 0.29) is 29.7 Å². The molecule has 1 heterocycles. The summed E-state index contributed by atoms with van der Waals surface area (Å²) in [7, 11) is 0. The van der Waals surface area contributed by atoms with Crippen LogP contribution in [0.2, 0.25) is 0 Å². The molecule has 0 aromatic heterocycles. The Kier molecular flexibility index (Phi) is 4.80. The maximum Gasteiger partial charge on any atom is 0.338 e. The molecule has 1 aliphatic heterocycles. The standard InChI is InChI=1S/C24H32O5/c1-15-11-12-19(27-16(2)25)23(5)20(28-21(26)17-9-7-6-8-10-17)13-18-14-24(15,23)29-22(18,3)4/h6-10,15,18-20H,11-14H2,1-5H3/t15-,18+,19-,20+,23-,24-/m1/s1. The van der Waals surface area contributed by atoms with E-state index < -0.39 is 11.0 Å². The summed E-state index contributed by atoms with van der Waals surface area (Å²) < 4.78 is 18.8. The van der Waals surface area contributed by atoms with E-state index in [9.17, 15) is 9.59 Å². The van der Waals surface area contributed by atoms with Gasteiger partial charge in [-0.15, -0.1) is 0 Å². The van der Waals surface area contributed by atoms with Gasteiger partial charge in [0.25, 0.3) is 0 Å². The van der Waals surface area contributed by atoms with Crippen molar-refractivity contribution in [2.24, 2.45) is 17.3 Å². The highest BCUT2D eigenvalue weighted by Gasteiger charge is 2.73. The quantitative estimate of drug-likeness (QED) is 0.697. The molecule has 0 radical (unpaired) electrons. The van der Waals surface area contributed by atoms with E-state index >= 15 is 0 Å². The molecular weight excluding hydrogens is 368 g/mol. The minimum Gasteiger partial charge on any atom is -0.462 e. The van der Waals surface area contributed by atoms with Crippen molar-refractivity contribution in [1.82, 2.24) is 0 Å². The molecule has 1 spiro atoms. The van der Waals surface area contributed by atoms with Crippen molar-refractivity contribution >= 4 is 11.9 Å². The molecule has 1 aromatic rings. The fourth-order valence-electron chi connectivity index (χ4n) is 6.25. The molecule has 0 amide bonds. The fourth-order valence-corrected chi connectivity index (χ4v) is 6.25. The van der Waals surface area contributed by atoms with Crippen LogP contribution in [0.3, 0.4) is 0 Å². The molecule has 1 aromatic carbocycles. The SMILES string of the molecule is CC(=O)O[C@@H]1CC[C@@H](C)[C@]23C[C@H](C[C@H](OC(=O)c4ccccc4)[C@@]12C)C(C)(C)O3. The molecule has 2 aliphatic carbocycles. The third-order valence-electron chi connectivity index (χ3n) is 7.95. The van der Waals surface area contributed by atoms with Crippen LogP contribution in [0.1, 0.15) is 70.7 Å². The maximum absolute atomic E-state index is 13.0. The first kappa shape index (κ1) is 20.4. The Bertz CT molecular complexity index is 803. The van der Waals surface area contributed by atoms with Crippen LogP contribution < -0.4 is 0 Å². The molecule has 0 N–H and O–H groups in total. The van der Waals surface area contributed by atoms with Crippen molar-refractivity contribution in [3.8, 4) is 0 Å². The van der Waals surface area contributed by atoms with Crippen LogP contribution in [0, 0.1) is 17.3 Å². The second-order valence-electron chi connectivity index (χ2n) is 9.85. The van der Waals surface area contributed by atoms with Gasteiger partial charge in [0.15, 0.2) is 0 Å². The second kappa shape index (κ2) is 6.83. The number of rotatable bonds is 3. The summed E-state index contributed by atoms with van der Waals surface area (Å²) in [6.07, 6.45) is 2.61. The topological polar surface area (TPSA) is 61.8 Å². The molecule has 5 nitrogen and oxygen atoms in total. The Labute approximate surface area is 173 Å². The molecule has 1 saturated heterocycles. The van der Waals surface area contributed by atoms with E-state index in [4.69, 9.17) is 14.2 Å². The Morgan fingerprint density at radius 3 is 2.38 bits per heavy atom. The van der Waals surface area contributed by atoms with E-state index in [1.54, 1.807) is 12.1 Å². The number of esters is 2. The third kappa shape index (κ3) is 3.00. The summed E-state index contributed by atoms with van der Waals surface area (Å²) in [6.45, 7) is 10.1. The summed E-state index contributed by atoms with van der Waals surface area (Å²) in [6, 6.07) is 9.09. The molecule has 29 heavy (non-hydrogen) atoms. The molecule has 3 aliphatic rings. The van der Waals surface area contributed by atoms with Gasteiger partial charge in [0, 0.05) is 6.92 Å². The van der Waals surface area contributed by atoms with Gasteiger partial charge in [0.05, 0.1) is 22.2 Å². The Morgan fingerprint density at radius 1 is 1.03 bits per heavy atom. The first-order chi connectivity index (χ1) is 13.6. The van der Waals surface area contributed by atoms with E-state index in [1.807, 2.05) is 18.2 Å². The molecule has 3 fully saturated rings. The van der Waals surface area contributed by atoms with Gasteiger partial charge in [0.1, 0.15) is 12.2 Å². The first-order valence-electron chi connectivity index (χ1n) is 10.7. The summed E-state index contributed by atoms with van der Waals surface area (Å²) >= 11 is 0. The molecule has 0 unspecified atom stereocenters. The summed E-state index contributed by atoms with van der Waals surface area (Å²) in [5.41, 5.74) is -0.831. The van der Waals surface area contributed by atoms with E-state index in [1.165, 1.54) is 6.92 Å². The maximum atomic E-state index is 13.0. The van der Waals surface area contributed by atoms with Gasteiger partial charge in [-0.2, -0.15) is 0 Å². The fraction of sp³-hybridized carbons (Fsp3) is 0.667. The van der Waals surface area contributed by atoms with Crippen molar-refractivity contribution in [3.63, 3.8) is 0 Å². The zero-order valence-electron chi connectivity index (χ0n) is 18.1. The van der Waals surface area contributed by atoms with Crippen molar-refractivity contribution < 1.29 is 23.8 Å². The third-order valence-corrected chi connectivity index (χ3v) is 7.95. The minimum atomic E-state index is -0.592. The highest BCUT2D eigenvalue weighted by Crippen LogP contribution is 2.66. The van der Waals surface area contributed by atoms with Gasteiger partial charge in [-0.1, -0.05) is 25.1 Å². The average Bonchev–Trinajstić information content (AvgIpc) is 2.90. The number of fused-ring (bicyclic) bond motifs is 1. The van der Waals surface area contributed by atoms with Crippen LogP contribution >= 0.6 is 0 Å². The minimum absolute atomic E-state index is 0.293. The van der Waals surface area contributed by atoms with Crippen molar-refractivity contribution in [2.75, 3.05) is 0 Å². The van der Waals surface area contributed by atoms with Gasteiger partial charge in [-0.3, -0.25) is 4.79 Å². The normalized spacial score (nSPS) is 40.0. The van der Waals surface area contributed by atoms with E-state index in [0.29, 0.717) is 23.8 Å². The molecule has 6 atom stereocenters. The number of ether oxygens (including phenoxy) is 3. The summed E-state index contributed by atoms with van der Waals surface area (Å²) in [5, 5.41) is 0. The number of carbonyl (C=O) groups excluding carboxylic acids is 2. The lowest BCUT2D eigenvalue weighted by Gasteiger charge is -2.60. The van der Waals surface area contributed by atoms with Gasteiger partial charge in [-0.25, -0.2) is 4.79 Å². The Morgan fingerprint density at radius 2 is 1.72 bits per heavy atom. The molecule has 4 rings (SSSR count). The predicted octanol–water partition coefficient (Wildman–Crippen LogP) is 4.54. The number of hydrogen-bond acceptors (Lipinski definition) is 5. The van der Waals surface area contributed by atoms with Crippen LogP contribution in [0.5, 0.6) is 0 Å². The number of hydrogen-bond donors (Lipinski definition) is 0. The molecule has 2 saturated carbocycles. The Balaban J connectivity index is 1.75. The smallest absolute Gasteiger partial charge is 0.338 e. The highest BCUT2D eigenvalue weighted by molar-refractivity contribution is 5.89. The molecule has 2 bridgehead atoms. The molecule has 5 heteroatoms. The van der Waals surface area contributed by atoms with Crippen molar-refractivity contribution in [2.45, 2.75) is 83.7 Å². The number of benzene rings is 1. The van der Waals surface area contributed by atoms with Crippen LogP contribution in [-0.4, -0.2) is 35.3 Å². The van der Waals surface area contributed by atoms with Crippen molar-refractivity contribution in [1.29, 1.82) is 0 Å². The predicted molar refractivity (Wildman–Crippen MR) is 108 cm³/mol. The number of carbonyl (C=O) groups is 2. The van der Waals surface area contributed by atoms with Gasteiger partial charge in [0.2, 0.25) is 0 Å². The lowest BCUT2D eigenvalue weighted by Crippen LogP contribution is -2.67. The summed E-state index contributed by atoms with van der Waals surface area (Å²) in [5.74, 6) is -0.0381. The zero-order chi connectivity index (χ0) is 21.0. The Hall–Kier alpha value is -1.88. The van der Waals surface area contributed by atoms with E-state index in [2.05, 4.69) is 27.7 Å². The van der Waals surface area contributed by atoms with Crippen LogP contribution in [0.15, 0.2) is 30.3 Å².